The van der Waals surface area contributed by atoms with E-state index in [2.05, 4.69) is 5.32 Å². The Balaban J connectivity index is 1.93. The highest BCUT2D eigenvalue weighted by atomic mass is 35.5. The molecule has 0 aliphatic carbocycles. The van der Waals surface area contributed by atoms with Crippen molar-refractivity contribution in [3.05, 3.63) is 59.5 Å². The molecule has 0 radical (unpaired) electrons. The number of ether oxygens (including phenoxy) is 1. The van der Waals surface area contributed by atoms with E-state index in [0.29, 0.717) is 22.2 Å². The SMILES string of the molecule is O=C(O)COc1ccc(NC(=O)c2ccc(Cl)o2)c2ccccc12. The summed E-state index contributed by atoms with van der Waals surface area (Å²) in [5, 5.41) is 13.0. The van der Waals surface area contributed by atoms with Gasteiger partial charge in [0.25, 0.3) is 5.91 Å². The van der Waals surface area contributed by atoms with Crippen LogP contribution in [0, 0.1) is 0 Å². The Morgan fingerprint density at radius 2 is 1.83 bits per heavy atom. The summed E-state index contributed by atoms with van der Waals surface area (Å²) < 4.78 is 10.4. The molecule has 0 saturated heterocycles. The number of hydrogen-bond acceptors (Lipinski definition) is 4. The molecule has 3 aromatic rings. The van der Waals surface area contributed by atoms with E-state index in [1.807, 2.05) is 6.07 Å². The number of fused-ring (bicyclic) bond motifs is 1. The highest BCUT2D eigenvalue weighted by Crippen LogP contribution is 2.32. The molecule has 2 N–H and O–H groups in total. The predicted molar refractivity (Wildman–Crippen MR) is 88.8 cm³/mol. The molecular weight excluding hydrogens is 334 g/mol. The average Bonchev–Trinajstić information content (AvgIpc) is 3.00. The van der Waals surface area contributed by atoms with E-state index in [-0.39, 0.29) is 11.0 Å². The lowest BCUT2D eigenvalue weighted by atomic mass is 10.1. The monoisotopic (exact) mass is 345 g/mol. The Kier molecular flexibility index (Phi) is 4.39. The molecule has 2 aromatic carbocycles. The zero-order chi connectivity index (χ0) is 17.1. The normalized spacial score (nSPS) is 10.5. The number of rotatable bonds is 5. The molecule has 24 heavy (non-hydrogen) atoms. The van der Waals surface area contributed by atoms with Gasteiger partial charge in [-0.15, -0.1) is 0 Å². The van der Waals surface area contributed by atoms with Crippen LogP contribution in [0.2, 0.25) is 5.22 Å². The van der Waals surface area contributed by atoms with E-state index in [0.717, 1.165) is 0 Å². The van der Waals surface area contributed by atoms with Crippen LogP contribution in [0.15, 0.2) is 52.9 Å². The molecule has 0 saturated carbocycles. The van der Waals surface area contributed by atoms with Crippen molar-refractivity contribution in [3.8, 4) is 5.75 Å². The smallest absolute Gasteiger partial charge is 0.341 e. The van der Waals surface area contributed by atoms with Gasteiger partial charge in [-0.05, 0) is 35.9 Å². The third-order valence-electron chi connectivity index (χ3n) is 3.28. The quantitative estimate of drug-likeness (QED) is 0.734. The second-order valence-corrected chi connectivity index (χ2v) is 5.27. The Labute approximate surface area is 141 Å². The molecule has 0 bridgehead atoms. The van der Waals surface area contributed by atoms with Crippen molar-refractivity contribution in [1.82, 2.24) is 0 Å². The first-order chi connectivity index (χ1) is 11.5. The number of amides is 1. The Bertz CT molecular complexity index is 918. The zero-order valence-corrected chi connectivity index (χ0v) is 13.0. The second kappa shape index (κ2) is 6.64. The van der Waals surface area contributed by atoms with Gasteiger partial charge in [-0.3, -0.25) is 4.79 Å². The number of carboxylic acids is 1. The lowest BCUT2D eigenvalue weighted by molar-refractivity contribution is -0.139. The summed E-state index contributed by atoms with van der Waals surface area (Å²) >= 11 is 5.67. The summed E-state index contributed by atoms with van der Waals surface area (Å²) in [4.78, 5) is 22.9. The van der Waals surface area contributed by atoms with Gasteiger partial charge in [0.1, 0.15) is 5.75 Å². The first-order valence-electron chi connectivity index (χ1n) is 6.97. The highest BCUT2D eigenvalue weighted by molar-refractivity contribution is 6.29. The fourth-order valence-corrected chi connectivity index (χ4v) is 2.41. The summed E-state index contributed by atoms with van der Waals surface area (Å²) in [6.45, 7) is -0.444. The Hall–Kier alpha value is -2.99. The fourth-order valence-electron chi connectivity index (χ4n) is 2.27. The first-order valence-corrected chi connectivity index (χ1v) is 7.35. The van der Waals surface area contributed by atoms with Gasteiger partial charge >= 0.3 is 5.97 Å². The van der Waals surface area contributed by atoms with Crippen molar-refractivity contribution in [2.75, 3.05) is 11.9 Å². The number of carbonyl (C=O) groups is 2. The molecule has 0 atom stereocenters. The number of aliphatic carboxylic acids is 1. The zero-order valence-electron chi connectivity index (χ0n) is 12.3. The van der Waals surface area contributed by atoms with Crippen LogP contribution in [0.5, 0.6) is 5.75 Å². The minimum Gasteiger partial charge on any atom is -0.481 e. The van der Waals surface area contributed by atoms with Gasteiger partial charge in [0.15, 0.2) is 17.6 Å². The molecule has 7 heteroatoms. The molecule has 0 spiro atoms. The lowest BCUT2D eigenvalue weighted by Crippen LogP contribution is -2.12. The van der Waals surface area contributed by atoms with Crippen LogP contribution < -0.4 is 10.1 Å². The van der Waals surface area contributed by atoms with E-state index in [1.165, 1.54) is 12.1 Å². The van der Waals surface area contributed by atoms with Crippen LogP contribution in [0.25, 0.3) is 10.8 Å². The number of furan rings is 1. The second-order valence-electron chi connectivity index (χ2n) is 4.90. The van der Waals surface area contributed by atoms with Gasteiger partial charge in [-0.25, -0.2) is 4.79 Å². The largest absolute Gasteiger partial charge is 0.481 e. The van der Waals surface area contributed by atoms with Crippen molar-refractivity contribution in [2.24, 2.45) is 0 Å². The maximum Gasteiger partial charge on any atom is 0.341 e. The van der Waals surface area contributed by atoms with E-state index in [1.54, 1.807) is 30.3 Å². The van der Waals surface area contributed by atoms with Gasteiger partial charge in [0.2, 0.25) is 0 Å². The van der Waals surface area contributed by atoms with Crippen molar-refractivity contribution < 1.29 is 23.8 Å². The average molecular weight is 346 g/mol. The molecule has 0 unspecified atom stereocenters. The number of halogens is 1. The number of carboxylic acid groups (broad SMARTS) is 1. The van der Waals surface area contributed by atoms with Gasteiger partial charge in [-0.2, -0.15) is 0 Å². The molecule has 0 aliphatic rings. The topological polar surface area (TPSA) is 88.8 Å². The molecule has 0 aliphatic heterocycles. The molecule has 0 fully saturated rings. The van der Waals surface area contributed by atoms with Gasteiger partial charge in [0.05, 0.1) is 0 Å². The van der Waals surface area contributed by atoms with Gasteiger partial charge in [-0.1, -0.05) is 24.3 Å². The van der Waals surface area contributed by atoms with E-state index >= 15 is 0 Å². The van der Waals surface area contributed by atoms with Gasteiger partial charge in [0, 0.05) is 16.5 Å². The number of carbonyl (C=O) groups excluding carboxylic acids is 1. The summed E-state index contributed by atoms with van der Waals surface area (Å²) in [6, 6.07) is 13.4. The van der Waals surface area contributed by atoms with Crippen LogP contribution >= 0.6 is 11.6 Å². The molecule has 1 amide bonds. The molecule has 1 aromatic heterocycles. The van der Waals surface area contributed by atoms with Crippen LogP contribution in [0.1, 0.15) is 10.6 Å². The van der Waals surface area contributed by atoms with Crippen LogP contribution in [0.4, 0.5) is 5.69 Å². The summed E-state index contributed by atoms with van der Waals surface area (Å²) in [7, 11) is 0. The van der Waals surface area contributed by atoms with E-state index < -0.39 is 18.5 Å². The van der Waals surface area contributed by atoms with Crippen molar-refractivity contribution in [2.45, 2.75) is 0 Å². The van der Waals surface area contributed by atoms with Gasteiger partial charge < -0.3 is 19.6 Å². The van der Waals surface area contributed by atoms with Crippen LogP contribution in [-0.2, 0) is 4.79 Å². The number of nitrogens with one attached hydrogen (secondary N) is 1. The van der Waals surface area contributed by atoms with Crippen molar-refractivity contribution in [1.29, 1.82) is 0 Å². The standard InChI is InChI=1S/C17H12ClNO5/c18-15-8-7-14(24-15)17(22)19-12-5-6-13(23-9-16(20)21)11-4-2-1-3-10(11)12/h1-8H,9H2,(H,19,22)(H,20,21). The van der Waals surface area contributed by atoms with Crippen LogP contribution in [0.3, 0.4) is 0 Å². The Morgan fingerprint density at radius 3 is 2.50 bits per heavy atom. The molecule has 3 rings (SSSR count). The summed E-state index contributed by atoms with van der Waals surface area (Å²) in [5.41, 5.74) is 0.547. The Morgan fingerprint density at radius 1 is 1.08 bits per heavy atom. The molecule has 1 heterocycles. The lowest BCUT2D eigenvalue weighted by Gasteiger charge is -2.12. The van der Waals surface area contributed by atoms with Crippen LogP contribution in [-0.4, -0.2) is 23.6 Å². The third-order valence-corrected chi connectivity index (χ3v) is 3.48. The van der Waals surface area contributed by atoms with E-state index in [4.69, 9.17) is 25.9 Å². The van der Waals surface area contributed by atoms with E-state index in [9.17, 15) is 9.59 Å². The highest BCUT2D eigenvalue weighted by Gasteiger charge is 2.14. The molecule has 122 valence electrons. The molecular formula is C17H12ClNO5. The minimum atomic E-state index is -1.06. The van der Waals surface area contributed by atoms with Crippen molar-refractivity contribution in [3.63, 3.8) is 0 Å². The summed E-state index contributed by atoms with van der Waals surface area (Å²) in [5.74, 6) is -0.986. The number of benzene rings is 2. The fraction of sp³-hybridized carbons (Fsp3) is 0.0588. The maximum atomic E-state index is 12.2. The summed E-state index contributed by atoms with van der Waals surface area (Å²) in [6.07, 6.45) is 0. The predicted octanol–water partition coefficient (Wildman–Crippen LogP) is 3.80. The number of hydrogen-bond donors (Lipinski definition) is 2. The maximum absolute atomic E-state index is 12.2. The minimum absolute atomic E-state index is 0.0929. The van der Waals surface area contributed by atoms with Crippen molar-refractivity contribution >= 4 is 39.9 Å². The first kappa shape index (κ1) is 15.9. The third kappa shape index (κ3) is 3.33. The number of anilines is 1. The molecule has 6 nitrogen and oxygen atoms in total.